The maximum Gasteiger partial charge on any atom is 0.242 e. The predicted octanol–water partition coefficient (Wildman–Crippen LogP) is 1.79. The molecule has 1 heterocycles. The summed E-state index contributed by atoms with van der Waals surface area (Å²) in [5.41, 5.74) is 0.760. The molecule has 21 heavy (non-hydrogen) atoms. The molecule has 0 radical (unpaired) electrons. The lowest BCUT2D eigenvalue weighted by Gasteiger charge is -2.08. The summed E-state index contributed by atoms with van der Waals surface area (Å²) in [6.07, 6.45) is 1.55. The Hall–Kier alpha value is -2.01. The van der Waals surface area contributed by atoms with Gasteiger partial charge in [0.25, 0.3) is 0 Å². The fourth-order valence-electron chi connectivity index (χ4n) is 1.63. The first-order valence-corrected chi connectivity index (χ1v) is 7.76. The molecule has 0 bridgehead atoms. The SMILES string of the molecule is Cc1nccc(CNS(=O)(=O)c2cc(C#N)ccc2Cl)n1. The van der Waals surface area contributed by atoms with Gasteiger partial charge in [0.15, 0.2) is 0 Å². The minimum atomic E-state index is -3.83. The van der Waals surface area contributed by atoms with Crippen LogP contribution in [0.5, 0.6) is 0 Å². The summed E-state index contributed by atoms with van der Waals surface area (Å²) in [4.78, 5) is 7.91. The van der Waals surface area contributed by atoms with Crippen molar-refractivity contribution >= 4 is 21.6 Å². The van der Waals surface area contributed by atoms with E-state index in [0.29, 0.717) is 11.5 Å². The van der Waals surface area contributed by atoms with Crippen molar-refractivity contribution in [3.05, 3.63) is 52.6 Å². The first-order valence-electron chi connectivity index (χ1n) is 5.90. The molecular formula is C13H11ClN4O2S. The molecular weight excluding hydrogens is 312 g/mol. The van der Waals surface area contributed by atoms with Crippen LogP contribution in [0.3, 0.4) is 0 Å². The molecule has 0 aliphatic heterocycles. The Morgan fingerprint density at radius 3 is 2.81 bits per heavy atom. The molecule has 2 rings (SSSR count). The third kappa shape index (κ3) is 3.76. The van der Waals surface area contributed by atoms with Crippen molar-refractivity contribution in [2.45, 2.75) is 18.4 Å². The lowest BCUT2D eigenvalue weighted by Crippen LogP contribution is -2.24. The molecule has 0 spiro atoms. The molecule has 1 aromatic heterocycles. The second kappa shape index (κ2) is 6.18. The topological polar surface area (TPSA) is 95.7 Å². The molecule has 0 aliphatic carbocycles. The van der Waals surface area contributed by atoms with Crippen LogP contribution in [0.4, 0.5) is 0 Å². The zero-order valence-electron chi connectivity index (χ0n) is 11.0. The number of hydrogen-bond acceptors (Lipinski definition) is 5. The summed E-state index contributed by atoms with van der Waals surface area (Å²) in [6, 6.07) is 7.55. The molecule has 2 aromatic rings. The van der Waals surface area contributed by atoms with Gasteiger partial charge >= 0.3 is 0 Å². The first kappa shape index (κ1) is 15.4. The van der Waals surface area contributed by atoms with Crippen LogP contribution in [0.25, 0.3) is 0 Å². The van der Waals surface area contributed by atoms with Crippen molar-refractivity contribution in [1.29, 1.82) is 5.26 Å². The van der Waals surface area contributed by atoms with Crippen LogP contribution in [0.1, 0.15) is 17.1 Å². The van der Waals surface area contributed by atoms with E-state index in [1.165, 1.54) is 18.2 Å². The number of sulfonamides is 1. The zero-order valence-corrected chi connectivity index (χ0v) is 12.6. The van der Waals surface area contributed by atoms with E-state index in [4.69, 9.17) is 16.9 Å². The van der Waals surface area contributed by atoms with Crippen LogP contribution in [-0.2, 0) is 16.6 Å². The third-order valence-corrected chi connectivity index (χ3v) is 4.51. The van der Waals surface area contributed by atoms with Gasteiger partial charge in [-0.2, -0.15) is 5.26 Å². The summed E-state index contributed by atoms with van der Waals surface area (Å²) in [6.45, 7) is 1.73. The van der Waals surface area contributed by atoms with Crippen molar-refractivity contribution in [3.63, 3.8) is 0 Å². The van der Waals surface area contributed by atoms with Gasteiger partial charge in [-0.25, -0.2) is 23.1 Å². The quantitative estimate of drug-likeness (QED) is 0.925. The summed E-state index contributed by atoms with van der Waals surface area (Å²) in [5.74, 6) is 0.552. The van der Waals surface area contributed by atoms with Crippen LogP contribution in [0.15, 0.2) is 35.4 Å². The highest BCUT2D eigenvalue weighted by molar-refractivity contribution is 7.89. The van der Waals surface area contributed by atoms with Gasteiger partial charge in [0.2, 0.25) is 10.0 Å². The van der Waals surface area contributed by atoms with E-state index in [-0.39, 0.29) is 22.0 Å². The number of nitrogens with zero attached hydrogens (tertiary/aromatic N) is 3. The average Bonchev–Trinajstić information content (AvgIpc) is 2.46. The summed E-state index contributed by atoms with van der Waals surface area (Å²) in [5, 5.41) is 8.89. The Morgan fingerprint density at radius 2 is 2.14 bits per heavy atom. The molecule has 0 amide bonds. The number of hydrogen-bond donors (Lipinski definition) is 1. The van der Waals surface area contributed by atoms with Crippen molar-refractivity contribution < 1.29 is 8.42 Å². The van der Waals surface area contributed by atoms with Gasteiger partial charge in [-0.3, -0.25) is 0 Å². The Morgan fingerprint density at radius 1 is 1.38 bits per heavy atom. The zero-order chi connectivity index (χ0) is 15.5. The van der Waals surface area contributed by atoms with Crippen molar-refractivity contribution in [1.82, 2.24) is 14.7 Å². The predicted molar refractivity (Wildman–Crippen MR) is 77.0 cm³/mol. The lowest BCUT2D eigenvalue weighted by molar-refractivity contribution is 0.580. The number of aromatic nitrogens is 2. The number of aryl methyl sites for hydroxylation is 1. The maximum atomic E-state index is 12.2. The summed E-state index contributed by atoms with van der Waals surface area (Å²) in [7, 11) is -3.83. The standard InChI is InChI=1S/C13H11ClN4O2S/c1-9-16-5-4-11(18-9)8-17-21(19,20)13-6-10(7-15)2-3-12(13)14/h2-6,17H,8H2,1H3. The fraction of sp³-hybridized carbons (Fsp3) is 0.154. The molecule has 6 nitrogen and oxygen atoms in total. The van der Waals surface area contributed by atoms with Gasteiger partial charge in [0.05, 0.1) is 28.9 Å². The van der Waals surface area contributed by atoms with Crippen molar-refractivity contribution in [2.24, 2.45) is 0 Å². The molecule has 0 saturated carbocycles. The van der Waals surface area contributed by atoms with Gasteiger partial charge in [0, 0.05) is 6.20 Å². The van der Waals surface area contributed by atoms with Gasteiger partial charge in [-0.15, -0.1) is 0 Å². The molecule has 0 fully saturated rings. The Labute approximate surface area is 127 Å². The highest BCUT2D eigenvalue weighted by Gasteiger charge is 2.18. The normalized spacial score (nSPS) is 11.1. The van der Waals surface area contributed by atoms with E-state index < -0.39 is 10.0 Å². The van der Waals surface area contributed by atoms with Gasteiger partial charge in [0.1, 0.15) is 10.7 Å². The van der Waals surface area contributed by atoms with E-state index in [0.717, 1.165) is 0 Å². The van der Waals surface area contributed by atoms with E-state index in [1.807, 2.05) is 6.07 Å². The Balaban J connectivity index is 2.25. The fourth-order valence-corrected chi connectivity index (χ4v) is 3.15. The van der Waals surface area contributed by atoms with Gasteiger partial charge < -0.3 is 0 Å². The van der Waals surface area contributed by atoms with Crippen LogP contribution >= 0.6 is 11.6 Å². The number of nitriles is 1. The van der Waals surface area contributed by atoms with Crippen LogP contribution in [-0.4, -0.2) is 18.4 Å². The maximum absolute atomic E-state index is 12.2. The van der Waals surface area contributed by atoms with Crippen LogP contribution in [0.2, 0.25) is 5.02 Å². The molecule has 108 valence electrons. The summed E-state index contributed by atoms with van der Waals surface area (Å²) >= 11 is 5.89. The van der Waals surface area contributed by atoms with Gasteiger partial charge in [-0.1, -0.05) is 11.6 Å². The molecule has 0 aliphatic rings. The number of rotatable bonds is 4. The van der Waals surface area contributed by atoms with Crippen molar-refractivity contribution in [2.75, 3.05) is 0 Å². The summed E-state index contributed by atoms with van der Waals surface area (Å²) < 4.78 is 26.9. The minimum absolute atomic E-state index is 0.0127. The number of benzene rings is 1. The Kier molecular flexibility index (Phi) is 4.53. The number of nitrogens with one attached hydrogen (secondary N) is 1. The van der Waals surface area contributed by atoms with Gasteiger partial charge in [-0.05, 0) is 31.2 Å². The van der Waals surface area contributed by atoms with E-state index >= 15 is 0 Å². The Bertz CT molecular complexity index is 815. The molecule has 0 unspecified atom stereocenters. The second-order valence-corrected chi connectivity index (χ2v) is 6.32. The van der Waals surface area contributed by atoms with Crippen molar-refractivity contribution in [3.8, 4) is 6.07 Å². The van der Waals surface area contributed by atoms with E-state index in [2.05, 4.69) is 14.7 Å². The molecule has 0 atom stereocenters. The van der Waals surface area contributed by atoms with E-state index in [1.54, 1.807) is 19.2 Å². The average molecular weight is 323 g/mol. The molecule has 1 N–H and O–H groups in total. The molecule has 8 heteroatoms. The smallest absolute Gasteiger partial charge is 0.242 e. The molecule has 0 saturated heterocycles. The number of halogens is 1. The third-order valence-electron chi connectivity index (χ3n) is 2.63. The minimum Gasteiger partial charge on any atom is -0.242 e. The highest BCUT2D eigenvalue weighted by atomic mass is 35.5. The monoisotopic (exact) mass is 322 g/mol. The largest absolute Gasteiger partial charge is 0.242 e. The van der Waals surface area contributed by atoms with E-state index in [9.17, 15) is 8.42 Å². The molecule has 1 aromatic carbocycles. The second-order valence-electron chi connectivity index (χ2n) is 4.18. The highest BCUT2D eigenvalue weighted by Crippen LogP contribution is 2.22. The van der Waals surface area contributed by atoms with Crippen LogP contribution in [0, 0.1) is 18.3 Å². The lowest BCUT2D eigenvalue weighted by atomic mass is 10.2. The first-order chi connectivity index (χ1) is 9.92. The van der Waals surface area contributed by atoms with Crippen LogP contribution < -0.4 is 4.72 Å².